The number of aromatic nitrogens is 1. The van der Waals surface area contributed by atoms with Crippen LogP contribution in [-0.2, 0) is 0 Å². The third kappa shape index (κ3) is 5.31. The van der Waals surface area contributed by atoms with Crippen molar-refractivity contribution in [2.75, 3.05) is 12.4 Å². The highest BCUT2D eigenvalue weighted by Gasteiger charge is 2.16. The Kier molecular flexibility index (Phi) is 7.71. The molecule has 0 bridgehead atoms. The number of halogens is 2. The standard InChI is InChI=1S/C21H17F2N3O.C2H6/c1-13-6-8-14(9-7-13)20(24-2)15-10-11-18(25-12-15)26-21(27)16-4-3-5-17(22)19(16)23;1-2/h3-12H,1-2H3,(H,25,26,27);1-2H3. The molecule has 150 valence electrons. The number of aliphatic imine (C=N–C) groups is 1. The van der Waals surface area contributed by atoms with Gasteiger partial charge in [0.1, 0.15) is 5.82 Å². The Balaban J connectivity index is 0.00000145. The van der Waals surface area contributed by atoms with Crippen molar-refractivity contribution in [3.05, 3.63) is 94.7 Å². The van der Waals surface area contributed by atoms with Gasteiger partial charge in [0.2, 0.25) is 0 Å². The fraction of sp³-hybridized carbons (Fsp3) is 0.174. The van der Waals surface area contributed by atoms with E-state index >= 15 is 0 Å². The number of carbonyl (C=O) groups is 1. The van der Waals surface area contributed by atoms with Gasteiger partial charge < -0.3 is 5.32 Å². The van der Waals surface area contributed by atoms with Crippen molar-refractivity contribution in [2.24, 2.45) is 4.99 Å². The van der Waals surface area contributed by atoms with Gasteiger partial charge in [-0.05, 0) is 31.2 Å². The summed E-state index contributed by atoms with van der Waals surface area (Å²) in [5.41, 5.74) is 3.25. The summed E-state index contributed by atoms with van der Waals surface area (Å²) in [5, 5.41) is 2.46. The molecule has 1 heterocycles. The van der Waals surface area contributed by atoms with Gasteiger partial charge >= 0.3 is 0 Å². The number of amides is 1. The lowest BCUT2D eigenvalue weighted by Gasteiger charge is -2.09. The third-order valence-electron chi connectivity index (χ3n) is 4.02. The van der Waals surface area contributed by atoms with E-state index in [1.54, 1.807) is 25.4 Å². The Morgan fingerprint density at radius 2 is 1.62 bits per heavy atom. The zero-order chi connectivity index (χ0) is 21.4. The van der Waals surface area contributed by atoms with Crippen LogP contribution in [0.1, 0.15) is 40.9 Å². The van der Waals surface area contributed by atoms with Crippen molar-refractivity contribution in [3.8, 4) is 0 Å². The summed E-state index contributed by atoms with van der Waals surface area (Å²) in [6, 6.07) is 14.7. The predicted octanol–water partition coefficient (Wildman–Crippen LogP) is 5.41. The molecular weight excluding hydrogens is 372 g/mol. The summed E-state index contributed by atoms with van der Waals surface area (Å²) in [5.74, 6) is -2.80. The van der Waals surface area contributed by atoms with Crippen molar-refractivity contribution in [3.63, 3.8) is 0 Å². The molecule has 0 fully saturated rings. The number of nitrogens with one attached hydrogen (secondary N) is 1. The summed E-state index contributed by atoms with van der Waals surface area (Å²) in [7, 11) is 1.69. The Morgan fingerprint density at radius 3 is 2.21 bits per heavy atom. The molecule has 0 saturated heterocycles. The van der Waals surface area contributed by atoms with Gasteiger partial charge in [0.15, 0.2) is 11.6 Å². The first-order valence-electron chi connectivity index (χ1n) is 9.25. The second-order valence-electron chi connectivity index (χ2n) is 5.93. The Hall–Kier alpha value is -3.41. The van der Waals surface area contributed by atoms with E-state index in [1.165, 1.54) is 12.1 Å². The number of pyridine rings is 1. The highest BCUT2D eigenvalue weighted by atomic mass is 19.2. The average molecular weight is 395 g/mol. The molecule has 0 unspecified atom stereocenters. The summed E-state index contributed by atoms with van der Waals surface area (Å²) in [6.45, 7) is 6.01. The fourth-order valence-electron chi connectivity index (χ4n) is 2.61. The number of rotatable bonds is 4. The minimum Gasteiger partial charge on any atom is -0.306 e. The quantitative estimate of drug-likeness (QED) is 0.600. The lowest BCUT2D eigenvalue weighted by molar-refractivity contribution is 0.102. The molecular formula is C23H23F2N3O. The van der Waals surface area contributed by atoms with Gasteiger partial charge in [-0.3, -0.25) is 9.79 Å². The maximum absolute atomic E-state index is 13.7. The van der Waals surface area contributed by atoms with E-state index in [2.05, 4.69) is 15.3 Å². The molecule has 0 spiro atoms. The number of nitrogens with zero attached hydrogens (tertiary/aromatic N) is 2. The molecule has 0 saturated carbocycles. The van der Waals surface area contributed by atoms with Crippen molar-refractivity contribution in [1.82, 2.24) is 4.98 Å². The molecule has 6 heteroatoms. The van der Waals surface area contributed by atoms with Crippen LogP contribution in [0.2, 0.25) is 0 Å². The molecule has 3 rings (SSSR count). The highest BCUT2D eigenvalue weighted by molar-refractivity contribution is 6.13. The zero-order valence-corrected chi connectivity index (χ0v) is 16.8. The SMILES string of the molecule is CC.CN=C(c1ccc(C)cc1)c1ccc(NC(=O)c2cccc(F)c2F)nc1. The Bertz CT molecular complexity index is 998. The topological polar surface area (TPSA) is 54.4 Å². The lowest BCUT2D eigenvalue weighted by Crippen LogP contribution is -2.15. The predicted molar refractivity (Wildman–Crippen MR) is 113 cm³/mol. The molecule has 3 aromatic rings. The largest absolute Gasteiger partial charge is 0.306 e. The molecule has 1 amide bonds. The first-order valence-corrected chi connectivity index (χ1v) is 9.25. The van der Waals surface area contributed by atoms with E-state index < -0.39 is 17.5 Å². The minimum atomic E-state index is -1.19. The van der Waals surface area contributed by atoms with E-state index in [4.69, 9.17) is 0 Å². The minimum absolute atomic E-state index is 0.228. The van der Waals surface area contributed by atoms with E-state index in [1.807, 2.05) is 45.0 Å². The number of carbonyl (C=O) groups excluding carboxylic acids is 1. The number of benzene rings is 2. The van der Waals surface area contributed by atoms with Crippen LogP contribution in [0.25, 0.3) is 0 Å². The number of anilines is 1. The van der Waals surface area contributed by atoms with Gasteiger partial charge in [0.05, 0.1) is 11.3 Å². The van der Waals surface area contributed by atoms with Crippen LogP contribution >= 0.6 is 0 Å². The molecule has 1 N–H and O–H groups in total. The molecule has 0 aliphatic heterocycles. The highest BCUT2D eigenvalue weighted by Crippen LogP contribution is 2.16. The van der Waals surface area contributed by atoms with Gasteiger partial charge in [-0.25, -0.2) is 13.8 Å². The molecule has 0 radical (unpaired) electrons. The molecule has 29 heavy (non-hydrogen) atoms. The smallest absolute Gasteiger partial charge is 0.259 e. The maximum atomic E-state index is 13.7. The maximum Gasteiger partial charge on any atom is 0.259 e. The summed E-state index contributed by atoms with van der Waals surface area (Å²) in [6.07, 6.45) is 1.57. The average Bonchev–Trinajstić information content (AvgIpc) is 2.74. The van der Waals surface area contributed by atoms with E-state index in [-0.39, 0.29) is 11.4 Å². The second kappa shape index (κ2) is 10.2. The summed E-state index contributed by atoms with van der Waals surface area (Å²) >= 11 is 0. The normalized spacial score (nSPS) is 10.8. The molecule has 0 atom stereocenters. The van der Waals surface area contributed by atoms with Crippen LogP contribution in [0.5, 0.6) is 0 Å². The number of hydrogen-bond acceptors (Lipinski definition) is 3. The Labute approximate surface area is 169 Å². The lowest BCUT2D eigenvalue weighted by atomic mass is 10.0. The first kappa shape index (κ1) is 21.9. The fourth-order valence-corrected chi connectivity index (χ4v) is 2.61. The van der Waals surface area contributed by atoms with E-state index in [9.17, 15) is 13.6 Å². The third-order valence-corrected chi connectivity index (χ3v) is 4.02. The van der Waals surface area contributed by atoms with Gasteiger partial charge in [0, 0.05) is 24.4 Å². The van der Waals surface area contributed by atoms with Crippen LogP contribution in [0, 0.1) is 18.6 Å². The van der Waals surface area contributed by atoms with Crippen molar-refractivity contribution in [1.29, 1.82) is 0 Å². The number of hydrogen-bond donors (Lipinski definition) is 1. The zero-order valence-electron chi connectivity index (χ0n) is 16.8. The van der Waals surface area contributed by atoms with Gasteiger partial charge in [0.25, 0.3) is 5.91 Å². The van der Waals surface area contributed by atoms with Crippen molar-refractivity contribution in [2.45, 2.75) is 20.8 Å². The van der Waals surface area contributed by atoms with Gasteiger partial charge in [-0.15, -0.1) is 0 Å². The first-order chi connectivity index (χ1) is 14.0. The Morgan fingerprint density at radius 1 is 0.966 bits per heavy atom. The van der Waals surface area contributed by atoms with E-state index in [0.717, 1.165) is 28.5 Å². The van der Waals surface area contributed by atoms with Crippen LogP contribution in [0.4, 0.5) is 14.6 Å². The molecule has 4 nitrogen and oxygen atoms in total. The van der Waals surface area contributed by atoms with Gasteiger partial charge in [-0.2, -0.15) is 0 Å². The van der Waals surface area contributed by atoms with Crippen LogP contribution < -0.4 is 5.32 Å². The molecule has 0 aliphatic carbocycles. The van der Waals surface area contributed by atoms with Crippen molar-refractivity contribution >= 4 is 17.4 Å². The summed E-state index contributed by atoms with van der Waals surface area (Å²) in [4.78, 5) is 20.6. The molecule has 0 aliphatic rings. The monoisotopic (exact) mass is 395 g/mol. The number of aryl methyl sites for hydroxylation is 1. The molecule has 2 aromatic carbocycles. The van der Waals surface area contributed by atoms with Gasteiger partial charge in [-0.1, -0.05) is 49.7 Å². The van der Waals surface area contributed by atoms with Crippen LogP contribution in [0.15, 0.2) is 65.8 Å². The van der Waals surface area contributed by atoms with Crippen LogP contribution in [-0.4, -0.2) is 23.7 Å². The van der Waals surface area contributed by atoms with Crippen molar-refractivity contribution < 1.29 is 13.6 Å². The summed E-state index contributed by atoms with van der Waals surface area (Å²) < 4.78 is 27.0. The second-order valence-corrected chi connectivity index (χ2v) is 5.93. The van der Waals surface area contributed by atoms with Crippen LogP contribution in [0.3, 0.4) is 0 Å². The van der Waals surface area contributed by atoms with E-state index in [0.29, 0.717) is 0 Å². The molecule has 1 aromatic heterocycles.